The lowest BCUT2D eigenvalue weighted by molar-refractivity contribution is -0.125. The molecule has 0 bridgehead atoms. The van der Waals surface area contributed by atoms with Crippen LogP contribution < -0.4 is 10.6 Å². The van der Waals surface area contributed by atoms with E-state index in [0.29, 0.717) is 29.5 Å². The predicted octanol–water partition coefficient (Wildman–Crippen LogP) is 4.26. The zero-order valence-corrected chi connectivity index (χ0v) is 22.4. The minimum absolute atomic E-state index is 0.0881. The van der Waals surface area contributed by atoms with Gasteiger partial charge >= 0.3 is 6.03 Å². The average Bonchev–Trinajstić information content (AvgIpc) is 3.23. The van der Waals surface area contributed by atoms with Crippen LogP contribution in [0, 0.1) is 0 Å². The number of nitrogens with zero attached hydrogens (tertiary/aromatic N) is 2. The molecule has 1 fully saturated rings. The highest BCUT2D eigenvalue weighted by atomic mass is 35.5. The molecule has 2 aliphatic heterocycles. The van der Waals surface area contributed by atoms with Gasteiger partial charge < -0.3 is 20.6 Å². The lowest BCUT2D eigenvalue weighted by atomic mass is 9.83. The van der Waals surface area contributed by atoms with E-state index in [4.69, 9.17) is 11.6 Å². The fourth-order valence-electron chi connectivity index (χ4n) is 5.47. The summed E-state index contributed by atoms with van der Waals surface area (Å²) in [5.74, 6) is 0.697. The Morgan fingerprint density at radius 2 is 1.91 bits per heavy atom. The summed E-state index contributed by atoms with van der Waals surface area (Å²) in [6, 6.07) is 6.27. The minimum Gasteiger partial charge on any atom is -0.394 e. The number of carbonyl (C=O) groups is 2. The summed E-state index contributed by atoms with van der Waals surface area (Å²) in [5.41, 5.74) is 2.08. The van der Waals surface area contributed by atoms with E-state index in [-0.39, 0.29) is 23.6 Å². The van der Waals surface area contributed by atoms with Gasteiger partial charge in [0.05, 0.1) is 39.4 Å². The SMILES string of the molecule is CC1(C)C2=C(CN1C(=O)N[C@H](CO)c1ccccc1Cl)C(NC(=O)C1([Si](C)(C)C)CCC1)=NC2. The molecule has 1 aliphatic carbocycles. The normalized spacial score (nSPS) is 21.5. The zero-order chi connectivity index (χ0) is 24.9. The van der Waals surface area contributed by atoms with Crippen LogP contribution in [0.15, 0.2) is 40.4 Å². The standard InChI is InChI=1S/C25H35ClN4O3Si/c1-24(2)18-13-27-21(29-22(32)25(11-8-12-25)34(3,4)5)17(18)14-30(24)23(33)28-20(15-31)16-9-6-7-10-19(16)26/h6-7,9-10,20,31H,8,11-15H2,1-5H3,(H,28,33)(H,27,29,32)/t20-/m1/s1. The Labute approximate surface area is 207 Å². The van der Waals surface area contributed by atoms with Gasteiger partial charge in [-0.1, -0.05) is 55.9 Å². The summed E-state index contributed by atoms with van der Waals surface area (Å²) in [6.45, 7) is 11.3. The number of aliphatic imine (C=N–C) groups is 1. The number of halogens is 1. The highest BCUT2D eigenvalue weighted by molar-refractivity contribution is 6.82. The van der Waals surface area contributed by atoms with Crippen LogP contribution in [0.3, 0.4) is 0 Å². The second-order valence-electron chi connectivity index (χ2n) is 11.1. The molecule has 0 spiro atoms. The van der Waals surface area contributed by atoms with E-state index in [1.165, 1.54) is 0 Å². The lowest BCUT2D eigenvalue weighted by Gasteiger charge is -2.49. The van der Waals surface area contributed by atoms with Gasteiger partial charge in [0.2, 0.25) is 5.91 Å². The van der Waals surface area contributed by atoms with Crippen LogP contribution in [0.25, 0.3) is 0 Å². The fourth-order valence-corrected chi connectivity index (χ4v) is 8.33. The van der Waals surface area contributed by atoms with E-state index in [1.807, 2.05) is 26.0 Å². The van der Waals surface area contributed by atoms with Crippen molar-refractivity contribution in [2.24, 2.45) is 4.99 Å². The van der Waals surface area contributed by atoms with Gasteiger partial charge in [-0.15, -0.1) is 0 Å². The first-order valence-corrected chi connectivity index (χ1v) is 15.8. The van der Waals surface area contributed by atoms with Crippen LogP contribution >= 0.6 is 11.6 Å². The van der Waals surface area contributed by atoms with Crippen LogP contribution in [0.2, 0.25) is 29.7 Å². The summed E-state index contributed by atoms with van der Waals surface area (Å²) < 4.78 is 0. The third-order valence-corrected chi connectivity index (χ3v) is 12.0. The maximum absolute atomic E-state index is 13.4. The first kappa shape index (κ1) is 24.9. The molecule has 3 aliphatic rings. The molecule has 4 rings (SSSR count). The molecule has 9 heteroatoms. The molecule has 1 aromatic carbocycles. The van der Waals surface area contributed by atoms with Crippen LogP contribution in [-0.2, 0) is 4.79 Å². The molecule has 1 saturated carbocycles. The molecular weight excluding hydrogens is 468 g/mol. The smallest absolute Gasteiger partial charge is 0.318 e. The van der Waals surface area contributed by atoms with Gasteiger partial charge in [0.25, 0.3) is 0 Å². The van der Waals surface area contributed by atoms with Crippen molar-refractivity contribution in [3.63, 3.8) is 0 Å². The average molecular weight is 503 g/mol. The number of nitrogens with one attached hydrogen (secondary N) is 2. The van der Waals surface area contributed by atoms with Gasteiger partial charge in [0.15, 0.2) is 0 Å². The first-order valence-electron chi connectivity index (χ1n) is 11.9. The third kappa shape index (κ3) is 3.99. The summed E-state index contributed by atoms with van der Waals surface area (Å²) >= 11 is 6.29. The number of urea groups is 1. The lowest BCUT2D eigenvalue weighted by Crippen LogP contribution is -2.55. The van der Waals surface area contributed by atoms with Crippen LogP contribution in [-0.4, -0.2) is 61.1 Å². The molecule has 0 unspecified atom stereocenters. The summed E-state index contributed by atoms with van der Waals surface area (Å²) in [4.78, 5) is 33.1. The van der Waals surface area contributed by atoms with Crippen molar-refractivity contribution in [1.29, 1.82) is 0 Å². The largest absolute Gasteiger partial charge is 0.394 e. The number of benzene rings is 1. The van der Waals surface area contributed by atoms with E-state index >= 15 is 0 Å². The number of aliphatic hydroxyl groups excluding tert-OH is 1. The predicted molar refractivity (Wildman–Crippen MR) is 138 cm³/mol. The number of rotatable bonds is 5. The second-order valence-corrected chi connectivity index (χ2v) is 17.0. The Morgan fingerprint density at radius 1 is 1.24 bits per heavy atom. The zero-order valence-electron chi connectivity index (χ0n) is 20.7. The van der Waals surface area contributed by atoms with E-state index in [0.717, 1.165) is 30.4 Å². The van der Waals surface area contributed by atoms with Gasteiger partial charge in [0.1, 0.15) is 5.84 Å². The highest BCUT2D eigenvalue weighted by Crippen LogP contribution is 2.55. The van der Waals surface area contributed by atoms with Gasteiger partial charge in [0, 0.05) is 15.6 Å². The van der Waals surface area contributed by atoms with Crippen molar-refractivity contribution in [1.82, 2.24) is 15.5 Å². The Balaban J connectivity index is 1.49. The summed E-state index contributed by atoms with van der Waals surface area (Å²) in [6.07, 6.45) is 2.98. The van der Waals surface area contributed by atoms with Crippen molar-refractivity contribution in [2.45, 2.75) is 69.4 Å². The maximum atomic E-state index is 13.4. The van der Waals surface area contributed by atoms with E-state index in [2.05, 4.69) is 35.3 Å². The third-order valence-electron chi connectivity index (χ3n) is 8.09. The molecule has 184 valence electrons. The quantitative estimate of drug-likeness (QED) is 0.525. The van der Waals surface area contributed by atoms with Gasteiger partial charge in [-0.25, -0.2) is 4.79 Å². The van der Waals surface area contributed by atoms with Gasteiger partial charge in [-0.05, 0) is 43.9 Å². The molecule has 3 amide bonds. The van der Waals surface area contributed by atoms with E-state index < -0.39 is 19.7 Å². The molecule has 0 aromatic heterocycles. The Hall–Kier alpha value is -2.16. The molecule has 2 heterocycles. The second kappa shape index (κ2) is 8.81. The number of amidine groups is 1. The number of hydrogen-bond acceptors (Lipinski definition) is 4. The molecular formula is C25H35ClN4O3Si. The number of hydrogen-bond donors (Lipinski definition) is 3. The first-order chi connectivity index (χ1) is 15.9. The topological polar surface area (TPSA) is 94.0 Å². The number of amides is 3. The Morgan fingerprint density at radius 3 is 2.47 bits per heavy atom. The van der Waals surface area contributed by atoms with Crippen molar-refractivity contribution >= 4 is 37.4 Å². The van der Waals surface area contributed by atoms with Gasteiger partial charge in [-0.3, -0.25) is 9.79 Å². The monoisotopic (exact) mass is 502 g/mol. The van der Waals surface area contributed by atoms with Crippen LogP contribution in [0.4, 0.5) is 4.79 Å². The van der Waals surface area contributed by atoms with Crippen molar-refractivity contribution < 1.29 is 14.7 Å². The van der Waals surface area contributed by atoms with Crippen LogP contribution in [0.1, 0.15) is 44.7 Å². The molecule has 3 N–H and O–H groups in total. The minimum atomic E-state index is -1.70. The fraction of sp³-hybridized carbons (Fsp3) is 0.560. The molecule has 34 heavy (non-hydrogen) atoms. The Kier molecular flexibility index (Phi) is 6.46. The molecule has 0 saturated heterocycles. The van der Waals surface area contributed by atoms with Crippen molar-refractivity contribution in [3.05, 3.63) is 46.0 Å². The number of carbonyl (C=O) groups excluding carboxylic acids is 2. The molecule has 7 nitrogen and oxygen atoms in total. The van der Waals surface area contributed by atoms with E-state index in [9.17, 15) is 14.7 Å². The summed E-state index contributed by atoms with van der Waals surface area (Å²) in [7, 11) is -1.70. The summed E-state index contributed by atoms with van der Waals surface area (Å²) in [5, 5.41) is 16.3. The maximum Gasteiger partial charge on any atom is 0.318 e. The molecule has 0 radical (unpaired) electrons. The van der Waals surface area contributed by atoms with Crippen LogP contribution in [0.5, 0.6) is 0 Å². The molecule has 1 atom stereocenters. The Bertz CT molecular complexity index is 1070. The van der Waals surface area contributed by atoms with Crippen molar-refractivity contribution in [2.75, 3.05) is 19.7 Å². The van der Waals surface area contributed by atoms with Gasteiger partial charge in [-0.2, -0.15) is 0 Å². The number of aliphatic hydroxyl groups is 1. The molecule has 1 aromatic rings. The van der Waals surface area contributed by atoms with E-state index in [1.54, 1.807) is 17.0 Å². The highest BCUT2D eigenvalue weighted by Gasteiger charge is 2.54. The van der Waals surface area contributed by atoms with Crippen molar-refractivity contribution in [3.8, 4) is 0 Å².